The summed E-state index contributed by atoms with van der Waals surface area (Å²) >= 11 is 0. The average molecular weight is 344 g/mol. The third-order valence-electron chi connectivity index (χ3n) is 5.41. The first kappa shape index (κ1) is 18.4. The van der Waals surface area contributed by atoms with E-state index >= 15 is 0 Å². The lowest BCUT2D eigenvalue weighted by Crippen LogP contribution is -2.40. The second-order valence-corrected chi connectivity index (χ2v) is 7.47. The van der Waals surface area contributed by atoms with E-state index in [-0.39, 0.29) is 6.10 Å². The molecule has 4 nitrogen and oxygen atoms in total. The van der Waals surface area contributed by atoms with E-state index in [1.807, 2.05) is 6.92 Å². The van der Waals surface area contributed by atoms with Crippen LogP contribution in [-0.2, 0) is 11.3 Å². The molecular weight excluding hydrogens is 312 g/mol. The van der Waals surface area contributed by atoms with E-state index < -0.39 is 0 Å². The number of ether oxygens (including phenoxy) is 1. The molecule has 2 aliphatic heterocycles. The molecule has 1 aromatic carbocycles. The molecule has 2 aliphatic rings. The molecular formula is C21H32N2O2. The van der Waals surface area contributed by atoms with Gasteiger partial charge in [-0.2, -0.15) is 0 Å². The highest BCUT2D eigenvalue weighted by Crippen LogP contribution is 2.21. The number of hydrogen-bond donors (Lipinski definition) is 0. The molecule has 1 aromatic rings. The van der Waals surface area contributed by atoms with Crippen molar-refractivity contribution in [2.75, 3.05) is 32.7 Å². The van der Waals surface area contributed by atoms with Crippen LogP contribution in [0.5, 0.6) is 5.75 Å². The van der Waals surface area contributed by atoms with Gasteiger partial charge in [-0.3, -0.25) is 14.6 Å². The summed E-state index contributed by atoms with van der Waals surface area (Å²) in [7, 11) is 0. The standard InChI is InChI=1S/C21H32N2O2/c1-2-19(24)17-23-14-10-21(11-15-23)25-20-8-6-18(7-9-20)16-22-12-4-3-5-13-22/h6-9,21H,2-5,10-17H2,1H3. The van der Waals surface area contributed by atoms with Gasteiger partial charge in [-0.15, -0.1) is 0 Å². The minimum Gasteiger partial charge on any atom is -0.490 e. The van der Waals surface area contributed by atoms with Crippen molar-refractivity contribution in [1.29, 1.82) is 0 Å². The summed E-state index contributed by atoms with van der Waals surface area (Å²) in [6, 6.07) is 8.65. The highest BCUT2D eigenvalue weighted by Gasteiger charge is 2.21. The van der Waals surface area contributed by atoms with Gasteiger partial charge >= 0.3 is 0 Å². The number of hydrogen-bond acceptors (Lipinski definition) is 4. The van der Waals surface area contributed by atoms with Gasteiger partial charge in [-0.25, -0.2) is 0 Å². The number of nitrogens with zero attached hydrogens (tertiary/aromatic N) is 2. The van der Waals surface area contributed by atoms with Crippen LogP contribution in [-0.4, -0.2) is 54.4 Å². The van der Waals surface area contributed by atoms with Gasteiger partial charge in [0.1, 0.15) is 17.6 Å². The zero-order valence-corrected chi connectivity index (χ0v) is 15.6. The third-order valence-corrected chi connectivity index (χ3v) is 5.41. The molecule has 0 bridgehead atoms. The van der Waals surface area contributed by atoms with Gasteiger partial charge in [0.15, 0.2) is 0 Å². The predicted octanol–water partition coefficient (Wildman–Crippen LogP) is 3.49. The monoisotopic (exact) mass is 344 g/mol. The maximum Gasteiger partial charge on any atom is 0.146 e. The smallest absolute Gasteiger partial charge is 0.146 e. The number of likely N-dealkylation sites (tertiary alicyclic amines) is 2. The zero-order valence-electron chi connectivity index (χ0n) is 15.6. The van der Waals surface area contributed by atoms with Crippen molar-refractivity contribution in [2.24, 2.45) is 0 Å². The first-order valence-electron chi connectivity index (χ1n) is 9.95. The van der Waals surface area contributed by atoms with Crippen molar-refractivity contribution in [2.45, 2.75) is 58.1 Å². The van der Waals surface area contributed by atoms with Gasteiger partial charge in [-0.05, 0) is 56.5 Å². The SMILES string of the molecule is CCC(=O)CN1CCC(Oc2ccc(CN3CCCCC3)cc2)CC1. The van der Waals surface area contributed by atoms with E-state index in [1.54, 1.807) is 0 Å². The molecule has 0 amide bonds. The van der Waals surface area contributed by atoms with Gasteiger partial charge in [-0.1, -0.05) is 25.5 Å². The first-order chi connectivity index (χ1) is 12.2. The number of benzene rings is 1. The van der Waals surface area contributed by atoms with E-state index in [0.29, 0.717) is 18.7 Å². The lowest BCUT2D eigenvalue weighted by atomic mass is 10.1. The van der Waals surface area contributed by atoms with E-state index in [9.17, 15) is 4.79 Å². The Balaban J connectivity index is 1.42. The summed E-state index contributed by atoms with van der Waals surface area (Å²) in [6.07, 6.45) is 6.99. The zero-order chi connectivity index (χ0) is 17.5. The molecule has 0 atom stereocenters. The summed E-state index contributed by atoms with van der Waals surface area (Å²) in [4.78, 5) is 16.4. The summed E-state index contributed by atoms with van der Waals surface area (Å²) in [5.74, 6) is 1.31. The molecule has 0 aromatic heterocycles. The summed E-state index contributed by atoms with van der Waals surface area (Å²) in [6.45, 7) is 7.99. The molecule has 0 N–H and O–H groups in total. The number of rotatable bonds is 7. The van der Waals surface area contributed by atoms with Crippen molar-refractivity contribution in [3.8, 4) is 5.75 Å². The second-order valence-electron chi connectivity index (χ2n) is 7.47. The van der Waals surface area contributed by atoms with Crippen LogP contribution < -0.4 is 4.74 Å². The first-order valence-corrected chi connectivity index (χ1v) is 9.95. The lowest BCUT2D eigenvalue weighted by Gasteiger charge is -2.31. The summed E-state index contributed by atoms with van der Waals surface area (Å²) < 4.78 is 6.15. The molecule has 0 radical (unpaired) electrons. The van der Waals surface area contributed by atoms with Crippen molar-refractivity contribution >= 4 is 5.78 Å². The predicted molar refractivity (Wildman–Crippen MR) is 101 cm³/mol. The molecule has 0 saturated carbocycles. The fourth-order valence-electron chi connectivity index (χ4n) is 3.79. The summed E-state index contributed by atoms with van der Waals surface area (Å²) in [5.41, 5.74) is 1.38. The van der Waals surface area contributed by atoms with Crippen LogP contribution in [0, 0.1) is 0 Å². The molecule has 2 heterocycles. The van der Waals surface area contributed by atoms with E-state index in [4.69, 9.17) is 4.74 Å². The van der Waals surface area contributed by atoms with Gasteiger partial charge in [0.2, 0.25) is 0 Å². The van der Waals surface area contributed by atoms with Crippen molar-refractivity contribution in [3.63, 3.8) is 0 Å². The van der Waals surface area contributed by atoms with E-state index in [2.05, 4.69) is 34.1 Å². The lowest BCUT2D eigenvalue weighted by molar-refractivity contribution is -0.120. The van der Waals surface area contributed by atoms with Crippen LogP contribution in [0.25, 0.3) is 0 Å². The fraction of sp³-hybridized carbons (Fsp3) is 0.667. The Morgan fingerprint density at radius 1 is 1.00 bits per heavy atom. The Bertz CT molecular complexity index is 529. The number of carbonyl (C=O) groups is 1. The second kappa shape index (κ2) is 9.35. The fourth-order valence-corrected chi connectivity index (χ4v) is 3.79. The minimum atomic E-state index is 0.279. The number of Topliss-reactive ketones (excluding diaryl/α,β-unsaturated/α-hetero) is 1. The summed E-state index contributed by atoms with van der Waals surface area (Å²) in [5, 5.41) is 0. The molecule has 0 unspecified atom stereocenters. The normalized spacial score (nSPS) is 20.5. The minimum absolute atomic E-state index is 0.279. The molecule has 25 heavy (non-hydrogen) atoms. The van der Waals surface area contributed by atoms with Crippen LogP contribution in [0.4, 0.5) is 0 Å². The molecule has 2 fully saturated rings. The Morgan fingerprint density at radius 2 is 1.68 bits per heavy atom. The molecule has 2 saturated heterocycles. The Kier molecular flexibility index (Phi) is 6.88. The molecule has 0 aliphatic carbocycles. The number of ketones is 1. The highest BCUT2D eigenvalue weighted by molar-refractivity contribution is 5.80. The number of piperidine rings is 2. The van der Waals surface area contributed by atoms with E-state index in [0.717, 1.165) is 38.2 Å². The van der Waals surface area contributed by atoms with Crippen LogP contribution in [0.3, 0.4) is 0 Å². The maximum absolute atomic E-state index is 11.6. The topological polar surface area (TPSA) is 32.8 Å². The quantitative estimate of drug-likeness (QED) is 0.758. The molecule has 3 rings (SSSR count). The van der Waals surface area contributed by atoms with Gasteiger partial charge < -0.3 is 4.74 Å². The van der Waals surface area contributed by atoms with Crippen molar-refractivity contribution < 1.29 is 9.53 Å². The Labute approximate surface area is 152 Å². The maximum atomic E-state index is 11.6. The third kappa shape index (κ3) is 5.82. The molecule has 0 spiro atoms. The van der Waals surface area contributed by atoms with E-state index in [1.165, 1.54) is 37.9 Å². The molecule has 4 heteroatoms. The Hall–Kier alpha value is -1.39. The Morgan fingerprint density at radius 3 is 2.32 bits per heavy atom. The number of carbonyl (C=O) groups excluding carboxylic acids is 1. The highest BCUT2D eigenvalue weighted by atomic mass is 16.5. The van der Waals surface area contributed by atoms with Gasteiger partial charge in [0.25, 0.3) is 0 Å². The van der Waals surface area contributed by atoms with Crippen molar-refractivity contribution in [1.82, 2.24) is 9.80 Å². The largest absolute Gasteiger partial charge is 0.490 e. The van der Waals surface area contributed by atoms with Gasteiger partial charge in [0, 0.05) is 26.1 Å². The average Bonchev–Trinajstić information content (AvgIpc) is 2.66. The van der Waals surface area contributed by atoms with Crippen LogP contribution in [0.2, 0.25) is 0 Å². The van der Waals surface area contributed by atoms with Crippen molar-refractivity contribution in [3.05, 3.63) is 29.8 Å². The van der Waals surface area contributed by atoms with Crippen LogP contribution >= 0.6 is 0 Å². The van der Waals surface area contributed by atoms with Crippen LogP contribution in [0.15, 0.2) is 24.3 Å². The van der Waals surface area contributed by atoms with Gasteiger partial charge in [0.05, 0.1) is 6.54 Å². The van der Waals surface area contributed by atoms with Crippen LogP contribution in [0.1, 0.15) is 51.0 Å². The molecule has 138 valence electrons.